The van der Waals surface area contributed by atoms with Crippen molar-refractivity contribution in [2.75, 3.05) is 13.9 Å². The summed E-state index contributed by atoms with van der Waals surface area (Å²) in [5.41, 5.74) is 2.50. The van der Waals surface area contributed by atoms with Gasteiger partial charge in [-0.1, -0.05) is 35.9 Å². The largest absolute Gasteiger partial charge is 0.494 e. The van der Waals surface area contributed by atoms with Gasteiger partial charge >= 0.3 is 0 Å². The molecule has 0 fully saturated rings. The Hall–Kier alpha value is -2.72. The van der Waals surface area contributed by atoms with Crippen LogP contribution in [0.2, 0.25) is 5.02 Å². The van der Waals surface area contributed by atoms with Gasteiger partial charge in [-0.2, -0.15) is 0 Å². The van der Waals surface area contributed by atoms with E-state index in [-0.39, 0.29) is 6.79 Å². The van der Waals surface area contributed by atoms with E-state index in [4.69, 9.17) is 25.8 Å². The van der Waals surface area contributed by atoms with Gasteiger partial charge in [0, 0.05) is 11.5 Å². The van der Waals surface area contributed by atoms with Crippen molar-refractivity contribution in [1.29, 1.82) is 0 Å². The lowest BCUT2D eigenvalue weighted by atomic mass is 10.1. The lowest BCUT2D eigenvalue weighted by molar-refractivity contribution is 0.174. The number of fused-ring (bicyclic) bond motifs is 2. The van der Waals surface area contributed by atoms with Gasteiger partial charge in [-0.25, -0.2) is 4.98 Å². The molecule has 3 aromatic rings. The SMILES string of the molecule is COc1cccc2ccc(C=Cc3cc4c(cc3Cl)OCO4)nc12. The predicted molar refractivity (Wildman–Crippen MR) is 94.8 cm³/mol. The maximum Gasteiger partial charge on any atom is 0.231 e. The van der Waals surface area contributed by atoms with Crippen LogP contribution in [0.5, 0.6) is 17.2 Å². The molecule has 0 saturated heterocycles. The van der Waals surface area contributed by atoms with E-state index in [0.29, 0.717) is 16.5 Å². The molecule has 1 aromatic heterocycles. The third-order valence-corrected chi connectivity index (χ3v) is 4.18. The van der Waals surface area contributed by atoms with Gasteiger partial charge in [0.15, 0.2) is 11.5 Å². The normalized spacial score (nSPS) is 12.9. The van der Waals surface area contributed by atoms with Crippen LogP contribution in [-0.4, -0.2) is 18.9 Å². The van der Waals surface area contributed by atoms with Gasteiger partial charge in [-0.3, -0.25) is 0 Å². The number of hydrogen-bond acceptors (Lipinski definition) is 4. The predicted octanol–water partition coefficient (Wildman–Crippen LogP) is 4.80. The van der Waals surface area contributed by atoms with Crippen molar-refractivity contribution in [3.63, 3.8) is 0 Å². The zero-order valence-electron chi connectivity index (χ0n) is 13.0. The average molecular weight is 340 g/mol. The van der Waals surface area contributed by atoms with Gasteiger partial charge in [0.2, 0.25) is 6.79 Å². The third-order valence-electron chi connectivity index (χ3n) is 3.85. The van der Waals surface area contributed by atoms with Crippen LogP contribution in [0.1, 0.15) is 11.3 Å². The van der Waals surface area contributed by atoms with E-state index in [1.54, 1.807) is 13.2 Å². The highest BCUT2D eigenvalue weighted by atomic mass is 35.5. The Morgan fingerprint density at radius 2 is 1.92 bits per heavy atom. The molecule has 4 rings (SSSR count). The Labute approximate surface area is 144 Å². The minimum Gasteiger partial charge on any atom is -0.494 e. The number of halogens is 1. The maximum atomic E-state index is 6.29. The Morgan fingerprint density at radius 1 is 1.08 bits per heavy atom. The number of benzene rings is 2. The summed E-state index contributed by atoms with van der Waals surface area (Å²) in [7, 11) is 1.64. The topological polar surface area (TPSA) is 40.6 Å². The number of hydrogen-bond donors (Lipinski definition) is 0. The highest BCUT2D eigenvalue weighted by molar-refractivity contribution is 6.32. The fraction of sp³-hybridized carbons (Fsp3) is 0.105. The van der Waals surface area contributed by atoms with Crippen LogP contribution in [-0.2, 0) is 0 Å². The van der Waals surface area contributed by atoms with Gasteiger partial charge in [0.05, 0.1) is 17.8 Å². The van der Waals surface area contributed by atoms with Crippen molar-refractivity contribution in [1.82, 2.24) is 4.98 Å². The zero-order valence-corrected chi connectivity index (χ0v) is 13.7. The molecule has 120 valence electrons. The molecule has 0 unspecified atom stereocenters. The smallest absolute Gasteiger partial charge is 0.231 e. The molecule has 0 N–H and O–H groups in total. The molecule has 0 spiro atoms. The summed E-state index contributed by atoms with van der Waals surface area (Å²) in [5, 5.41) is 1.64. The van der Waals surface area contributed by atoms with Crippen LogP contribution in [0.25, 0.3) is 23.1 Å². The molecule has 24 heavy (non-hydrogen) atoms. The van der Waals surface area contributed by atoms with Gasteiger partial charge in [-0.15, -0.1) is 0 Å². The molecule has 0 atom stereocenters. The quantitative estimate of drug-likeness (QED) is 0.687. The summed E-state index contributed by atoms with van der Waals surface area (Å²) in [6.07, 6.45) is 3.82. The van der Waals surface area contributed by atoms with E-state index in [1.807, 2.05) is 48.6 Å². The molecule has 4 nitrogen and oxygen atoms in total. The van der Waals surface area contributed by atoms with Crippen molar-refractivity contribution >= 4 is 34.7 Å². The summed E-state index contributed by atoms with van der Waals surface area (Å²) in [4.78, 5) is 4.65. The van der Waals surface area contributed by atoms with Crippen molar-refractivity contribution in [3.05, 3.63) is 58.7 Å². The van der Waals surface area contributed by atoms with Crippen LogP contribution in [0, 0.1) is 0 Å². The maximum absolute atomic E-state index is 6.29. The first-order valence-electron chi connectivity index (χ1n) is 7.45. The first-order valence-corrected chi connectivity index (χ1v) is 7.83. The number of nitrogens with zero attached hydrogens (tertiary/aromatic N) is 1. The Kier molecular flexibility index (Phi) is 3.75. The minimum absolute atomic E-state index is 0.227. The van der Waals surface area contributed by atoms with E-state index < -0.39 is 0 Å². The summed E-state index contributed by atoms with van der Waals surface area (Å²) in [6.45, 7) is 0.227. The summed E-state index contributed by atoms with van der Waals surface area (Å²) in [6, 6.07) is 13.5. The van der Waals surface area contributed by atoms with E-state index >= 15 is 0 Å². The lowest BCUT2D eigenvalue weighted by Crippen LogP contribution is -1.92. The Bertz CT molecular complexity index is 953. The molecular weight excluding hydrogens is 326 g/mol. The highest BCUT2D eigenvalue weighted by Crippen LogP contribution is 2.37. The van der Waals surface area contributed by atoms with Crippen LogP contribution in [0.15, 0.2) is 42.5 Å². The molecule has 0 aliphatic carbocycles. The van der Waals surface area contributed by atoms with Crippen molar-refractivity contribution in [3.8, 4) is 17.2 Å². The van der Waals surface area contributed by atoms with E-state index in [2.05, 4.69) is 4.98 Å². The monoisotopic (exact) mass is 339 g/mol. The number of pyridine rings is 1. The molecule has 0 amide bonds. The molecule has 0 saturated carbocycles. The molecule has 0 bridgehead atoms. The summed E-state index contributed by atoms with van der Waals surface area (Å²) < 4.78 is 16.1. The molecule has 0 radical (unpaired) electrons. The fourth-order valence-electron chi connectivity index (χ4n) is 2.63. The Morgan fingerprint density at radius 3 is 2.75 bits per heavy atom. The first-order chi connectivity index (χ1) is 11.7. The summed E-state index contributed by atoms with van der Waals surface area (Å²) in [5.74, 6) is 2.13. The fourth-order valence-corrected chi connectivity index (χ4v) is 2.84. The van der Waals surface area contributed by atoms with E-state index in [0.717, 1.165) is 27.9 Å². The number of methoxy groups -OCH3 is 1. The van der Waals surface area contributed by atoms with E-state index in [1.165, 1.54) is 0 Å². The van der Waals surface area contributed by atoms with E-state index in [9.17, 15) is 0 Å². The molecule has 2 heterocycles. The van der Waals surface area contributed by atoms with Crippen molar-refractivity contribution in [2.24, 2.45) is 0 Å². The number of para-hydroxylation sites is 1. The van der Waals surface area contributed by atoms with Crippen LogP contribution in [0.3, 0.4) is 0 Å². The highest BCUT2D eigenvalue weighted by Gasteiger charge is 2.15. The minimum atomic E-state index is 0.227. The summed E-state index contributed by atoms with van der Waals surface area (Å²) >= 11 is 6.29. The molecule has 5 heteroatoms. The lowest BCUT2D eigenvalue weighted by Gasteiger charge is -2.05. The zero-order chi connectivity index (χ0) is 16.5. The van der Waals surface area contributed by atoms with Gasteiger partial charge < -0.3 is 14.2 Å². The van der Waals surface area contributed by atoms with Crippen molar-refractivity contribution < 1.29 is 14.2 Å². The van der Waals surface area contributed by atoms with Gasteiger partial charge in [-0.05, 0) is 29.8 Å². The van der Waals surface area contributed by atoms with Crippen molar-refractivity contribution in [2.45, 2.75) is 0 Å². The second-order valence-corrected chi connectivity index (χ2v) is 5.74. The van der Waals surface area contributed by atoms with Crippen LogP contribution < -0.4 is 14.2 Å². The first kappa shape index (κ1) is 14.8. The van der Waals surface area contributed by atoms with Gasteiger partial charge in [0.25, 0.3) is 0 Å². The molecular formula is C19H14ClNO3. The molecule has 1 aliphatic rings. The standard InChI is InChI=1S/C19H14ClNO3/c1-22-16-4-2-3-12-5-7-14(21-19(12)16)8-6-13-9-17-18(10-15(13)20)24-11-23-17/h2-10H,11H2,1H3. The molecule has 2 aromatic carbocycles. The van der Waals surface area contributed by atoms with Crippen LogP contribution >= 0.6 is 11.6 Å². The second kappa shape index (κ2) is 6.06. The van der Waals surface area contributed by atoms with Gasteiger partial charge in [0.1, 0.15) is 11.3 Å². The number of aromatic nitrogens is 1. The number of rotatable bonds is 3. The Balaban J connectivity index is 1.70. The second-order valence-electron chi connectivity index (χ2n) is 5.33. The molecule has 1 aliphatic heterocycles. The average Bonchev–Trinajstić information content (AvgIpc) is 3.06. The van der Waals surface area contributed by atoms with Crippen LogP contribution in [0.4, 0.5) is 0 Å². The number of ether oxygens (including phenoxy) is 3. The third kappa shape index (κ3) is 2.65.